The third kappa shape index (κ3) is 3.98. The molecule has 0 atom stereocenters. The molecule has 1 N–H and O–H groups in total. The smallest absolute Gasteiger partial charge is 0.306 e. The molecule has 1 aromatic heterocycles. The van der Waals surface area contributed by atoms with Crippen molar-refractivity contribution >= 4 is 11.4 Å². The molecule has 0 fully saturated rings. The number of rotatable bonds is 6. The van der Waals surface area contributed by atoms with Gasteiger partial charge in [0.1, 0.15) is 0 Å². The normalized spacial score (nSPS) is 10.9. The summed E-state index contributed by atoms with van der Waals surface area (Å²) < 4.78 is 18.3. The van der Waals surface area contributed by atoms with E-state index in [0.29, 0.717) is 29.7 Å². The number of aromatic nitrogens is 2. The molecule has 2 aromatic rings. The number of nitrogens with zero attached hydrogens (tertiary/aromatic N) is 3. The Hall–Kier alpha value is -2.51. The number of nitro benzene ring substituents is 1. The molecule has 8 heteroatoms. The van der Waals surface area contributed by atoms with Crippen molar-refractivity contribution in [2.45, 2.75) is 26.8 Å². The molecule has 0 aliphatic rings. The number of nitrogens with one attached hydrogen (secondary N) is 1. The van der Waals surface area contributed by atoms with E-state index in [2.05, 4.69) is 15.5 Å². The zero-order valence-electron chi connectivity index (χ0n) is 11.7. The maximum absolute atomic E-state index is 13.2. The van der Waals surface area contributed by atoms with Crippen molar-refractivity contribution in [1.29, 1.82) is 0 Å². The van der Waals surface area contributed by atoms with Crippen LogP contribution >= 0.6 is 0 Å². The molecular weight excluding hydrogens is 279 g/mol. The molecule has 7 nitrogen and oxygen atoms in total. The van der Waals surface area contributed by atoms with Crippen molar-refractivity contribution in [3.63, 3.8) is 0 Å². The van der Waals surface area contributed by atoms with Crippen molar-refractivity contribution in [1.82, 2.24) is 10.1 Å². The average molecular weight is 294 g/mol. The van der Waals surface area contributed by atoms with E-state index in [1.165, 1.54) is 6.07 Å². The van der Waals surface area contributed by atoms with Gasteiger partial charge >= 0.3 is 5.69 Å². The van der Waals surface area contributed by atoms with E-state index in [4.69, 9.17) is 4.52 Å². The molecule has 0 saturated heterocycles. The maximum atomic E-state index is 13.2. The Labute approximate surface area is 120 Å². The van der Waals surface area contributed by atoms with E-state index in [1.54, 1.807) is 0 Å². The Morgan fingerprint density at radius 3 is 2.90 bits per heavy atom. The summed E-state index contributed by atoms with van der Waals surface area (Å²) in [6.07, 6.45) is 0.714. The number of hydrogen-bond donors (Lipinski definition) is 1. The summed E-state index contributed by atoms with van der Waals surface area (Å²) >= 11 is 0. The van der Waals surface area contributed by atoms with Gasteiger partial charge in [0.05, 0.1) is 11.5 Å². The van der Waals surface area contributed by atoms with Gasteiger partial charge in [-0.2, -0.15) is 9.37 Å². The predicted molar refractivity (Wildman–Crippen MR) is 73.2 cm³/mol. The average Bonchev–Trinajstić information content (AvgIpc) is 2.84. The quantitative estimate of drug-likeness (QED) is 0.650. The molecule has 0 bridgehead atoms. The van der Waals surface area contributed by atoms with E-state index in [1.807, 2.05) is 13.8 Å². The molecule has 0 aliphatic heterocycles. The van der Waals surface area contributed by atoms with Gasteiger partial charge in [0.2, 0.25) is 11.7 Å². The highest BCUT2D eigenvalue weighted by molar-refractivity contribution is 5.51. The van der Waals surface area contributed by atoms with Gasteiger partial charge in [0, 0.05) is 18.2 Å². The van der Waals surface area contributed by atoms with E-state index in [-0.39, 0.29) is 6.54 Å². The van der Waals surface area contributed by atoms with Crippen LogP contribution in [0.1, 0.15) is 25.6 Å². The summed E-state index contributed by atoms with van der Waals surface area (Å²) in [5.41, 5.74) is -0.169. The van der Waals surface area contributed by atoms with Gasteiger partial charge in [-0.1, -0.05) is 19.0 Å². The third-order valence-corrected chi connectivity index (χ3v) is 2.69. The Bertz CT molecular complexity index is 642. The van der Waals surface area contributed by atoms with Crippen LogP contribution in [0.5, 0.6) is 0 Å². The van der Waals surface area contributed by atoms with Gasteiger partial charge in [0.25, 0.3) is 0 Å². The first-order valence-electron chi connectivity index (χ1n) is 6.45. The summed E-state index contributed by atoms with van der Waals surface area (Å²) in [5, 5.41) is 17.4. The van der Waals surface area contributed by atoms with Crippen LogP contribution in [-0.2, 0) is 13.0 Å². The molecule has 1 aromatic carbocycles. The Kier molecular flexibility index (Phi) is 4.46. The number of anilines is 1. The van der Waals surface area contributed by atoms with Crippen molar-refractivity contribution in [3.05, 3.63) is 45.8 Å². The van der Waals surface area contributed by atoms with Gasteiger partial charge in [-0.25, -0.2) is 0 Å². The molecule has 0 spiro atoms. The highest BCUT2D eigenvalue weighted by atomic mass is 19.1. The zero-order chi connectivity index (χ0) is 15.4. The highest BCUT2D eigenvalue weighted by Gasteiger charge is 2.14. The van der Waals surface area contributed by atoms with Crippen molar-refractivity contribution in [3.8, 4) is 0 Å². The zero-order valence-corrected chi connectivity index (χ0v) is 11.7. The van der Waals surface area contributed by atoms with Crippen LogP contribution in [0.4, 0.5) is 15.8 Å². The van der Waals surface area contributed by atoms with Crippen LogP contribution in [0, 0.1) is 21.8 Å². The summed E-state index contributed by atoms with van der Waals surface area (Å²) in [6.45, 7) is 4.31. The Morgan fingerprint density at radius 1 is 1.48 bits per heavy atom. The standard InChI is InChI=1S/C13H15FN4O3/c1-8(2)5-12-16-13(21-17-12)7-15-9-3-4-10(14)11(6-9)18(19)20/h3-4,6,8,15H,5,7H2,1-2H3. The molecular formula is C13H15FN4O3. The van der Waals surface area contributed by atoms with E-state index in [9.17, 15) is 14.5 Å². The van der Waals surface area contributed by atoms with Crippen LogP contribution in [-0.4, -0.2) is 15.1 Å². The summed E-state index contributed by atoms with van der Waals surface area (Å²) in [6, 6.07) is 3.58. The van der Waals surface area contributed by atoms with Crippen molar-refractivity contribution < 1.29 is 13.8 Å². The molecule has 21 heavy (non-hydrogen) atoms. The maximum Gasteiger partial charge on any atom is 0.306 e. The molecule has 0 saturated carbocycles. The fourth-order valence-electron chi connectivity index (χ4n) is 1.75. The van der Waals surface area contributed by atoms with Crippen LogP contribution in [0.15, 0.2) is 22.7 Å². The van der Waals surface area contributed by atoms with Crippen LogP contribution in [0.25, 0.3) is 0 Å². The highest BCUT2D eigenvalue weighted by Crippen LogP contribution is 2.21. The van der Waals surface area contributed by atoms with Gasteiger partial charge in [-0.15, -0.1) is 0 Å². The van der Waals surface area contributed by atoms with E-state index in [0.717, 1.165) is 12.1 Å². The van der Waals surface area contributed by atoms with Crippen LogP contribution in [0.3, 0.4) is 0 Å². The van der Waals surface area contributed by atoms with Gasteiger partial charge < -0.3 is 9.84 Å². The summed E-state index contributed by atoms with van der Waals surface area (Å²) in [7, 11) is 0. The lowest BCUT2D eigenvalue weighted by Gasteiger charge is -2.03. The molecule has 1 heterocycles. The molecule has 0 amide bonds. The monoisotopic (exact) mass is 294 g/mol. The molecule has 0 aliphatic carbocycles. The minimum absolute atomic E-state index is 0.216. The van der Waals surface area contributed by atoms with Crippen molar-refractivity contribution in [2.75, 3.05) is 5.32 Å². The first-order chi connectivity index (χ1) is 9.95. The molecule has 0 unspecified atom stereocenters. The lowest BCUT2D eigenvalue weighted by atomic mass is 10.1. The molecule has 0 radical (unpaired) electrons. The molecule has 2 rings (SSSR count). The summed E-state index contributed by atoms with van der Waals surface area (Å²) in [5.74, 6) is 0.537. The first kappa shape index (κ1) is 14.9. The number of benzene rings is 1. The van der Waals surface area contributed by atoms with Gasteiger partial charge in [-0.05, 0) is 18.1 Å². The third-order valence-electron chi connectivity index (χ3n) is 2.69. The summed E-state index contributed by atoms with van der Waals surface area (Å²) in [4.78, 5) is 14.1. The second-order valence-corrected chi connectivity index (χ2v) is 4.98. The first-order valence-corrected chi connectivity index (χ1v) is 6.45. The van der Waals surface area contributed by atoms with Crippen LogP contribution < -0.4 is 5.32 Å². The lowest BCUT2D eigenvalue weighted by Crippen LogP contribution is -2.02. The molecule has 112 valence electrons. The van der Waals surface area contributed by atoms with Gasteiger partial charge in [-0.3, -0.25) is 10.1 Å². The van der Waals surface area contributed by atoms with Gasteiger partial charge in [0.15, 0.2) is 5.82 Å². The minimum atomic E-state index is -0.873. The van der Waals surface area contributed by atoms with E-state index < -0.39 is 16.4 Å². The van der Waals surface area contributed by atoms with Crippen LogP contribution in [0.2, 0.25) is 0 Å². The Morgan fingerprint density at radius 2 is 2.24 bits per heavy atom. The minimum Gasteiger partial charge on any atom is -0.376 e. The lowest BCUT2D eigenvalue weighted by molar-refractivity contribution is -0.387. The second-order valence-electron chi connectivity index (χ2n) is 4.98. The second kappa shape index (κ2) is 6.29. The topological polar surface area (TPSA) is 94.1 Å². The number of nitro groups is 1. The number of hydrogen-bond acceptors (Lipinski definition) is 6. The fourth-order valence-corrected chi connectivity index (χ4v) is 1.75. The number of halogens is 1. The predicted octanol–water partition coefficient (Wildman–Crippen LogP) is 2.93. The van der Waals surface area contributed by atoms with Crippen molar-refractivity contribution in [2.24, 2.45) is 5.92 Å². The largest absolute Gasteiger partial charge is 0.376 e. The Balaban J connectivity index is 2.01. The van der Waals surface area contributed by atoms with E-state index >= 15 is 0 Å². The fraction of sp³-hybridized carbons (Fsp3) is 0.385. The SMILES string of the molecule is CC(C)Cc1noc(CNc2ccc(F)c([N+](=O)[O-])c2)n1.